The molecule has 1 N–H and O–H groups in total. The number of aliphatic hydroxyl groups is 1. The van der Waals surface area contributed by atoms with Crippen LogP contribution in [0.4, 0.5) is 10.1 Å². The van der Waals surface area contributed by atoms with Crippen LogP contribution in [0.3, 0.4) is 0 Å². The van der Waals surface area contributed by atoms with Crippen molar-refractivity contribution in [2.24, 2.45) is 4.99 Å². The molecule has 2 heterocycles. The number of imidazole rings is 1. The average molecular weight is 345 g/mol. The Morgan fingerprint density at radius 1 is 1.42 bits per heavy atom. The lowest BCUT2D eigenvalue weighted by Gasteiger charge is -2.13. The first-order valence-electron chi connectivity index (χ1n) is 7.16. The van der Waals surface area contributed by atoms with Crippen LogP contribution in [-0.2, 0) is 0 Å². The number of aliphatic hydroxyl groups excluding tert-OH is 1. The minimum Gasteiger partial charge on any atom is -0.382 e. The largest absolute Gasteiger partial charge is 0.382 e. The summed E-state index contributed by atoms with van der Waals surface area (Å²) in [4.78, 5) is 7.95. The van der Waals surface area contributed by atoms with Gasteiger partial charge < -0.3 is 5.11 Å². The van der Waals surface area contributed by atoms with E-state index in [9.17, 15) is 9.50 Å². The number of aromatic nitrogens is 3. The van der Waals surface area contributed by atoms with E-state index in [4.69, 9.17) is 11.6 Å². The zero-order chi connectivity index (χ0) is 17.3. The molecule has 3 rings (SSSR count). The molecule has 5 nitrogen and oxygen atoms in total. The molecule has 24 heavy (non-hydrogen) atoms. The molecule has 1 aromatic carbocycles. The molecule has 0 amide bonds. The minimum absolute atomic E-state index is 0.0964. The Morgan fingerprint density at radius 3 is 2.92 bits per heavy atom. The summed E-state index contributed by atoms with van der Waals surface area (Å²) >= 11 is 5.89. The van der Waals surface area contributed by atoms with Gasteiger partial charge in [-0.25, -0.2) is 13.9 Å². The summed E-state index contributed by atoms with van der Waals surface area (Å²) < 4.78 is 15.8. The quantitative estimate of drug-likeness (QED) is 0.728. The third-order valence-corrected chi connectivity index (χ3v) is 3.80. The molecule has 0 bridgehead atoms. The first-order valence-corrected chi connectivity index (χ1v) is 7.54. The number of fused-ring (bicyclic) bond motifs is 1. The summed E-state index contributed by atoms with van der Waals surface area (Å²) in [7, 11) is 0. The maximum atomic E-state index is 14.4. The highest BCUT2D eigenvalue weighted by atomic mass is 35.5. The summed E-state index contributed by atoms with van der Waals surface area (Å²) in [6.45, 7) is 5.27. The fourth-order valence-corrected chi connectivity index (χ4v) is 2.61. The third-order valence-electron chi connectivity index (χ3n) is 3.59. The van der Waals surface area contributed by atoms with Gasteiger partial charge in [-0.15, -0.1) is 0 Å². The molecule has 2 aromatic heterocycles. The second kappa shape index (κ2) is 6.51. The molecule has 0 saturated carbocycles. The van der Waals surface area contributed by atoms with Gasteiger partial charge in [-0.1, -0.05) is 23.8 Å². The summed E-state index contributed by atoms with van der Waals surface area (Å²) in [5, 5.41) is 15.0. The monoisotopic (exact) mass is 344 g/mol. The number of aliphatic imine (C=N–C) groups is 1. The van der Waals surface area contributed by atoms with Gasteiger partial charge in [0.15, 0.2) is 5.65 Å². The molecular weight excluding hydrogens is 331 g/mol. The van der Waals surface area contributed by atoms with Gasteiger partial charge in [0.25, 0.3) is 0 Å². The van der Waals surface area contributed by atoms with Gasteiger partial charge in [0, 0.05) is 17.2 Å². The van der Waals surface area contributed by atoms with E-state index in [1.54, 1.807) is 24.3 Å². The third kappa shape index (κ3) is 2.81. The topological polar surface area (TPSA) is 62.8 Å². The van der Waals surface area contributed by atoms with Crippen LogP contribution in [-0.4, -0.2) is 26.4 Å². The Bertz CT molecular complexity index is 951. The van der Waals surface area contributed by atoms with Crippen molar-refractivity contribution in [1.82, 2.24) is 14.6 Å². The molecule has 0 aliphatic heterocycles. The molecule has 122 valence electrons. The van der Waals surface area contributed by atoms with Crippen LogP contribution in [0.25, 0.3) is 11.7 Å². The van der Waals surface area contributed by atoms with Gasteiger partial charge in [0.2, 0.25) is 0 Å². The first kappa shape index (κ1) is 16.3. The zero-order valence-corrected chi connectivity index (χ0v) is 13.6. The number of hydrogen-bond donors (Lipinski definition) is 1. The Kier molecular flexibility index (Phi) is 4.42. The van der Waals surface area contributed by atoms with E-state index >= 15 is 0 Å². The van der Waals surface area contributed by atoms with Gasteiger partial charge in [0.1, 0.15) is 17.1 Å². The Hall–Kier alpha value is -2.57. The van der Waals surface area contributed by atoms with Gasteiger partial charge in [-0.3, -0.25) is 4.99 Å². The highest BCUT2D eigenvalue weighted by Gasteiger charge is 2.21. The van der Waals surface area contributed by atoms with Crippen molar-refractivity contribution in [2.75, 3.05) is 0 Å². The predicted octanol–water partition coefficient (Wildman–Crippen LogP) is 3.97. The number of hydrogen-bond acceptors (Lipinski definition) is 4. The first-order chi connectivity index (χ1) is 11.5. The van der Waals surface area contributed by atoms with Crippen LogP contribution < -0.4 is 0 Å². The highest BCUT2D eigenvalue weighted by Crippen LogP contribution is 2.31. The normalized spacial score (nSPS) is 12.8. The summed E-state index contributed by atoms with van der Waals surface area (Å²) in [5.74, 6) is -0.588. The van der Waals surface area contributed by atoms with E-state index in [0.717, 1.165) is 0 Å². The van der Waals surface area contributed by atoms with Crippen molar-refractivity contribution in [3.63, 3.8) is 0 Å². The molecular formula is C17H14ClFN4O. The van der Waals surface area contributed by atoms with Crippen molar-refractivity contribution in [2.45, 2.75) is 13.0 Å². The van der Waals surface area contributed by atoms with Crippen molar-refractivity contribution in [3.8, 4) is 0 Å². The van der Waals surface area contributed by atoms with Crippen molar-refractivity contribution in [1.29, 1.82) is 0 Å². The van der Waals surface area contributed by atoms with Crippen molar-refractivity contribution < 1.29 is 9.50 Å². The average Bonchev–Trinajstić information content (AvgIpc) is 2.98. The van der Waals surface area contributed by atoms with Crippen LogP contribution in [0.5, 0.6) is 0 Å². The van der Waals surface area contributed by atoms with Gasteiger partial charge >= 0.3 is 0 Å². The summed E-state index contributed by atoms with van der Waals surface area (Å²) in [5.41, 5.74) is 1.98. The molecule has 0 aliphatic rings. The molecule has 3 aromatic rings. The molecule has 0 saturated heterocycles. The van der Waals surface area contributed by atoms with E-state index in [2.05, 4.69) is 21.8 Å². The Balaban J connectivity index is 2.15. The van der Waals surface area contributed by atoms with Crippen LogP contribution in [0, 0.1) is 5.82 Å². The maximum Gasteiger partial charge on any atom is 0.154 e. The molecule has 0 spiro atoms. The van der Waals surface area contributed by atoms with Gasteiger partial charge in [-0.2, -0.15) is 5.10 Å². The van der Waals surface area contributed by atoms with E-state index in [1.807, 2.05) is 6.92 Å². The lowest BCUT2D eigenvalue weighted by molar-refractivity contribution is 0.207. The predicted molar refractivity (Wildman–Crippen MR) is 92.4 cm³/mol. The number of halogens is 2. The van der Waals surface area contributed by atoms with Gasteiger partial charge in [-0.05, 0) is 31.8 Å². The Labute approximate surface area is 142 Å². The number of benzene rings is 1. The second-order valence-corrected chi connectivity index (χ2v) is 5.49. The van der Waals surface area contributed by atoms with Crippen molar-refractivity contribution >= 4 is 35.7 Å². The number of nitrogens with zero attached hydrogens (tertiary/aromatic N) is 4. The lowest BCUT2D eigenvalue weighted by Crippen LogP contribution is -2.08. The molecule has 0 radical (unpaired) electrons. The number of rotatable bonds is 4. The van der Waals surface area contributed by atoms with E-state index in [-0.39, 0.29) is 10.7 Å². The molecule has 0 fully saturated rings. The summed E-state index contributed by atoms with van der Waals surface area (Å²) in [6.07, 6.45) is 3.75. The van der Waals surface area contributed by atoms with Crippen LogP contribution >= 0.6 is 11.6 Å². The van der Waals surface area contributed by atoms with Crippen molar-refractivity contribution in [3.05, 3.63) is 64.3 Å². The fourth-order valence-electron chi connectivity index (χ4n) is 2.47. The fraction of sp³-hybridized carbons (Fsp3) is 0.118. The van der Waals surface area contributed by atoms with E-state index in [1.165, 1.54) is 22.8 Å². The number of allylic oxidation sites excluding steroid dienone is 1. The molecule has 1 atom stereocenters. The van der Waals surface area contributed by atoms with E-state index < -0.39 is 11.9 Å². The lowest BCUT2D eigenvalue weighted by atomic mass is 10.0. The molecule has 0 aliphatic carbocycles. The maximum absolute atomic E-state index is 14.4. The molecule has 1 unspecified atom stereocenters. The van der Waals surface area contributed by atoms with Gasteiger partial charge in [0.05, 0.1) is 17.6 Å². The van der Waals surface area contributed by atoms with Crippen LogP contribution in [0.2, 0.25) is 5.15 Å². The minimum atomic E-state index is -1.26. The van der Waals surface area contributed by atoms with Crippen LogP contribution in [0.15, 0.2) is 41.5 Å². The smallest absolute Gasteiger partial charge is 0.154 e. The zero-order valence-electron chi connectivity index (χ0n) is 12.8. The molecule has 7 heteroatoms. The van der Waals surface area contributed by atoms with Crippen LogP contribution in [0.1, 0.15) is 29.8 Å². The van der Waals surface area contributed by atoms with E-state index in [0.29, 0.717) is 22.6 Å². The highest BCUT2D eigenvalue weighted by molar-refractivity contribution is 6.29. The standard InChI is InChI=1S/C17H14ClFN4O/c1-3-4-10-7-11(12(19)8-13(10)20-2)17(24)14-9-21-16-6-5-15(18)22-23(14)16/h3-9,17,24H,2H2,1H3/b4-3-. The second-order valence-electron chi connectivity index (χ2n) is 5.10. The Morgan fingerprint density at radius 2 is 2.21 bits per heavy atom. The SMILES string of the molecule is C=Nc1cc(F)c(C(O)c2cnc3ccc(Cl)nn23)cc1/C=C\C. The summed E-state index contributed by atoms with van der Waals surface area (Å²) in [6, 6.07) is 6.03.